The second-order valence-corrected chi connectivity index (χ2v) is 12.4. The highest BCUT2D eigenvalue weighted by Gasteiger charge is 2.33. The predicted octanol–water partition coefficient (Wildman–Crippen LogP) is 7.88. The van der Waals surface area contributed by atoms with Gasteiger partial charge in [-0.15, -0.1) is 0 Å². The molecular weight excluding hydrogens is 610 g/mol. The fourth-order valence-electron chi connectivity index (χ4n) is 5.28. The Morgan fingerprint density at radius 2 is 1.23 bits per heavy atom. The molecule has 0 spiro atoms. The first-order valence-corrected chi connectivity index (χ1v) is 17.5. The van der Waals surface area contributed by atoms with Crippen LogP contribution in [0.25, 0.3) is 11.4 Å². The molecular formula is C37H57N5O6. The van der Waals surface area contributed by atoms with Crippen molar-refractivity contribution in [1.29, 1.82) is 0 Å². The van der Waals surface area contributed by atoms with Gasteiger partial charge in [0.15, 0.2) is 5.82 Å². The Morgan fingerprint density at radius 3 is 1.71 bits per heavy atom. The van der Waals surface area contributed by atoms with Gasteiger partial charge < -0.3 is 15.1 Å². The molecule has 2 aromatic rings. The van der Waals surface area contributed by atoms with Crippen LogP contribution in [0.5, 0.6) is 0 Å². The Balaban J connectivity index is 2.66. The zero-order valence-electron chi connectivity index (χ0n) is 29.8. The van der Waals surface area contributed by atoms with Gasteiger partial charge in [-0.05, 0) is 39.2 Å². The molecule has 0 atom stereocenters. The smallest absolute Gasteiger partial charge is 0.362 e. The molecule has 1 aromatic heterocycles. The number of benzene rings is 1. The van der Waals surface area contributed by atoms with Crippen LogP contribution >= 0.6 is 0 Å². The van der Waals surface area contributed by atoms with Gasteiger partial charge in [-0.3, -0.25) is 9.68 Å². The maximum Gasteiger partial charge on any atom is 0.362 e. The molecule has 11 nitrogen and oxygen atoms in total. The standard InChI is InChI=1S/C37H57N5O6/c1-8-11-13-15-17-21-25-37(46,26-22-18-16-14-12-9-2)31-24-20-19-23-30(31)32-38-35(41(10-3)27-43)40-36(39-32)42(47-33(44)28(4)5)48-34(45)29(6)7/h19-20,23-24,43,46H,4,6,8-18,21-22,25-27H2,1-3,5,7H3. The number of carbonyl (C=O) groups is 2. The molecule has 0 fully saturated rings. The highest BCUT2D eigenvalue weighted by Crippen LogP contribution is 2.39. The lowest BCUT2D eigenvalue weighted by Crippen LogP contribution is -2.34. The molecule has 1 heterocycles. The van der Waals surface area contributed by atoms with Crippen molar-refractivity contribution in [3.05, 3.63) is 54.1 Å². The molecule has 1 aromatic carbocycles. The van der Waals surface area contributed by atoms with E-state index < -0.39 is 24.3 Å². The normalized spacial score (nSPS) is 11.2. The third-order valence-electron chi connectivity index (χ3n) is 8.20. The molecule has 0 amide bonds. The molecule has 11 heteroatoms. The van der Waals surface area contributed by atoms with Gasteiger partial charge in [0.05, 0.1) is 5.60 Å². The van der Waals surface area contributed by atoms with Crippen LogP contribution in [-0.2, 0) is 24.9 Å². The molecule has 0 aliphatic rings. The van der Waals surface area contributed by atoms with E-state index in [1.54, 1.807) is 0 Å². The number of aromatic nitrogens is 3. The Kier molecular flexibility index (Phi) is 17.8. The number of anilines is 2. The lowest BCUT2D eigenvalue weighted by molar-refractivity contribution is -0.169. The minimum Gasteiger partial charge on any atom is -0.385 e. The summed E-state index contributed by atoms with van der Waals surface area (Å²) in [5.74, 6) is -1.89. The fourth-order valence-corrected chi connectivity index (χ4v) is 5.28. The number of aliphatic hydroxyl groups excluding tert-OH is 1. The van der Waals surface area contributed by atoms with Gasteiger partial charge in [0.25, 0.3) is 0 Å². The van der Waals surface area contributed by atoms with Crippen molar-refractivity contribution in [3.8, 4) is 11.4 Å². The second kappa shape index (κ2) is 21.2. The van der Waals surface area contributed by atoms with Gasteiger partial charge >= 0.3 is 17.9 Å². The van der Waals surface area contributed by atoms with Gasteiger partial charge in [-0.1, -0.05) is 128 Å². The number of nitrogens with zero attached hydrogens (tertiary/aromatic N) is 5. The summed E-state index contributed by atoms with van der Waals surface area (Å²) < 4.78 is 0. The second-order valence-electron chi connectivity index (χ2n) is 12.4. The average molecular weight is 668 g/mol. The van der Waals surface area contributed by atoms with Gasteiger partial charge in [-0.2, -0.15) is 15.0 Å². The van der Waals surface area contributed by atoms with Gasteiger partial charge in [0.2, 0.25) is 5.95 Å². The zero-order valence-corrected chi connectivity index (χ0v) is 29.8. The van der Waals surface area contributed by atoms with E-state index in [-0.39, 0.29) is 28.9 Å². The zero-order chi connectivity index (χ0) is 35.5. The number of hydrogen-bond acceptors (Lipinski definition) is 11. The lowest BCUT2D eigenvalue weighted by Gasteiger charge is -2.31. The van der Waals surface area contributed by atoms with Crippen LogP contribution in [0.4, 0.5) is 11.9 Å². The first-order chi connectivity index (χ1) is 23.0. The molecule has 2 N–H and O–H groups in total. The van der Waals surface area contributed by atoms with Crippen molar-refractivity contribution >= 4 is 23.8 Å². The molecule has 0 aliphatic carbocycles. The van der Waals surface area contributed by atoms with E-state index in [9.17, 15) is 19.8 Å². The molecule has 48 heavy (non-hydrogen) atoms. The molecule has 0 radical (unpaired) electrons. The number of aliphatic hydroxyl groups is 2. The van der Waals surface area contributed by atoms with E-state index in [1.165, 1.54) is 57.3 Å². The van der Waals surface area contributed by atoms with Crippen molar-refractivity contribution in [2.45, 2.75) is 130 Å². The molecule has 266 valence electrons. The molecule has 2 rings (SSSR count). The summed E-state index contributed by atoms with van der Waals surface area (Å²) >= 11 is 0. The van der Waals surface area contributed by atoms with Crippen molar-refractivity contribution in [2.24, 2.45) is 0 Å². The number of hydrogen-bond donors (Lipinski definition) is 2. The van der Waals surface area contributed by atoms with E-state index in [4.69, 9.17) is 9.68 Å². The summed E-state index contributed by atoms with van der Waals surface area (Å²) in [5.41, 5.74) is 0.163. The minimum atomic E-state index is -1.15. The topological polar surface area (TPSA) is 138 Å². The Bertz CT molecular complexity index is 1290. The van der Waals surface area contributed by atoms with Crippen LogP contribution in [0.3, 0.4) is 0 Å². The first-order valence-electron chi connectivity index (χ1n) is 17.5. The van der Waals surface area contributed by atoms with Crippen LogP contribution in [0, 0.1) is 0 Å². The predicted molar refractivity (Wildman–Crippen MR) is 190 cm³/mol. The minimum absolute atomic E-state index is 0.0474. The van der Waals surface area contributed by atoms with Crippen LogP contribution in [-0.4, -0.2) is 50.4 Å². The Morgan fingerprint density at radius 1 is 0.750 bits per heavy atom. The molecule has 0 saturated heterocycles. The van der Waals surface area contributed by atoms with Crippen molar-refractivity contribution < 1.29 is 29.5 Å². The summed E-state index contributed by atoms with van der Waals surface area (Å²) in [7, 11) is 0. The fraction of sp³-hybridized carbons (Fsp3) is 0.595. The number of unbranched alkanes of at least 4 members (excludes halogenated alkanes) is 10. The number of carbonyl (C=O) groups excluding carboxylic acids is 2. The molecule has 0 aliphatic heterocycles. The maximum atomic E-state index is 12.6. The van der Waals surface area contributed by atoms with Crippen molar-refractivity contribution in [3.63, 3.8) is 0 Å². The van der Waals surface area contributed by atoms with E-state index in [0.29, 0.717) is 35.7 Å². The molecule has 0 bridgehead atoms. The van der Waals surface area contributed by atoms with Crippen LogP contribution < -0.4 is 10.1 Å². The van der Waals surface area contributed by atoms with Crippen molar-refractivity contribution in [1.82, 2.24) is 15.0 Å². The highest BCUT2D eigenvalue weighted by atomic mass is 17.0. The van der Waals surface area contributed by atoms with Crippen LogP contribution in [0.1, 0.15) is 130 Å². The summed E-state index contributed by atoms with van der Waals surface area (Å²) in [6.07, 6.45) is 14.3. The lowest BCUT2D eigenvalue weighted by atomic mass is 9.81. The van der Waals surface area contributed by atoms with Gasteiger partial charge in [0.1, 0.15) is 6.73 Å². The van der Waals surface area contributed by atoms with E-state index in [0.717, 1.165) is 38.5 Å². The Hall–Kier alpha value is -3.83. The summed E-state index contributed by atoms with van der Waals surface area (Å²) in [6, 6.07) is 7.44. The van der Waals surface area contributed by atoms with Gasteiger partial charge in [-0.25, -0.2) is 9.59 Å². The largest absolute Gasteiger partial charge is 0.385 e. The summed E-state index contributed by atoms with van der Waals surface area (Å²) in [5, 5.41) is 23.1. The maximum absolute atomic E-state index is 12.6. The van der Waals surface area contributed by atoms with E-state index in [2.05, 4.69) is 42.0 Å². The van der Waals surface area contributed by atoms with E-state index in [1.807, 2.05) is 31.2 Å². The average Bonchev–Trinajstić information content (AvgIpc) is 3.07. The highest BCUT2D eigenvalue weighted by molar-refractivity contribution is 5.89. The first kappa shape index (κ1) is 40.3. The number of rotatable bonds is 24. The SMILES string of the molecule is C=C(C)C(=O)ON(OC(=O)C(=C)C)c1nc(-c2ccccc2C(O)(CCCCCCCC)CCCCCCCC)nc(N(CC)CO)n1. The summed E-state index contributed by atoms with van der Waals surface area (Å²) in [4.78, 5) is 50.9. The molecule has 0 saturated carbocycles. The van der Waals surface area contributed by atoms with E-state index >= 15 is 0 Å². The van der Waals surface area contributed by atoms with Crippen LogP contribution in [0.15, 0.2) is 48.6 Å². The third kappa shape index (κ3) is 12.6. The van der Waals surface area contributed by atoms with Crippen LogP contribution in [0.2, 0.25) is 0 Å². The monoisotopic (exact) mass is 667 g/mol. The Labute approximate surface area is 287 Å². The summed E-state index contributed by atoms with van der Waals surface area (Å²) in [6.45, 7) is 16.2. The third-order valence-corrected chi connectivity index (χ3v) is 8.20. The molecule has 0 unspecified atom stereocenters. The van der Waals surface area contributed by atoms with Gasteiger partial charge in [0, 0.05) is 28.5 Å². The van der Waals surface area contributed by atoms with Crippen molar-refractivity contribution in [2.75, 3.05) is 23.4 Å². The quantitative estimate of drug-likeness (QED) is 0.0489.